The van der Waals surface area contributed by atoms with Crippen molar-refractivity contribution in [2.24, 2.45) is 11.8 Å². The number of hydrazine groups is 1. The molecule has 0 bridgehead atoms. The maximum atomic E-state index is 5.44. The highest BCUT2D eigenvalue weighted by Crippen LogP contribution is 2.27. The zero-order chi connectivity index (χ0) is 8.81. The lowest BCUT2D eigenvalue weighted by Gasteiger charge is -2.28. The molecular weight excluding hydrogens is 148 g/mol. The molecular formula is C10H18N2. The van der Waals surface area contributed by atoms with Crippen molar-refractivity contribution >= 4 is 0 Å². The van der Waals surface area contributed by atoms with Crippen LogP contribution in [0.5, 0.6) is 0 Å². The number of hydrogen-bond acceptors (Lipinski definition) is 2. The number of hydrogen-bond donors (Lipinski definition) is 2. The van der Waals surface area contributed by atoms with E-state index in [0.29, 0.717) is 12.0 Å². The molecule has 0 aromatic heterocycles. The molecule has 0 spiro atoms. The first-order chi connectivity index (χ1) is 5.88. The fraction of sp³-hybridized carbons (Fsp3) is 0.800. The Balaban J connectivity index is 2.36. The lowest BCUT2D eigenvalue weighted by Crippen LogP contribution is -2.41. The summed E-state index contributed by atoms with van der Waals surface area (Å²) in [5, 5.41) is 0. The minimum absolute atomic E-state index is 0.343. The Morgan fingerprint density at radius 1 is 1.42 bits per heavy atom. The molecule has 2 nitrogen and oxygen atoms in total. The van der Waals surface area contributed by atoms with Crippen LogP contribution in [0.15, 0.2) is 0 Å². The Morgan fingerprint density at radius 3 is 2.58 bits per heavy atom. The molecule has 0 saturated heterocycles. The molecule has 1 unspecified atom stereocenters. The second kappa shape index (κ2) is 5.18. The molecule has 68 valence electrons. The van der Waals surface area contributed by atoms with Gasteiger partial charge in [-0.05, 0) is 18.8 Å². The zero-order valence-corrected chi connectivity index (χ0v) is 7.55. The van der Waals surface area contributed by atoms with Gasteiger partial charge in [-0.25, -0.2) is 0 Å². The molecule has 1 fully saturated rings. The Kier molecular flexibility index (Phi) is 4.13. The van der Waals surface area contributed by atoms with Crippen molar-refractivity contribution in [3.05, 3.63) is 0 Å². The lowest BCUT2D eigenvalue weighted by molar-refractivity contribution is 0.273. The third-order valence-corrected chi connectivity index (χ3v) is 2.77. The minimum atomic E-state index is 0.343. The maximum Gasteiger partial charge on any atom is 0.0348 e. The third-order valence-electron chi connectivity index (χ3n) is 2.77. The average molecular weight is 166 g/mol. The van der Waals surface area contributed by atoms with Crippen molar-refractivity contribution in [2.75, 3.05) is 0 Å². The van der Waals surface area contributed by atoms with Crippen LogP contribution in [-0.4, -0.2) is 6.04 Å². The molecule has 3 N–H and O–H groups in total. The van der Waals surface area contributed by atoms with Gasteiger partial charge >= 0.3 is 0 Å². The third kappa shape index (κ3) is 2.51. The zero-order valence-electron chi connectivity index (χ0n) is 7.55. The smallest absolute Gasteiger partial charge is 0.0348 e. The SMILES string of the molecule is C#CCC(NN)C1CCCCC1. The van der Waals surface area contributed by atoms with Crippen LogP contribution in [0.2, 0.25) is 0 Å². The molecule has 1 saturated carbocycles. The number of nitrogens with two attached hydrogens (primary N) is 1. The molecule has 1 rings (SSSR count). The van der Waals surface area contributed by atoms with Crippen LogP contribution < -0.4 is 11.3 Å². The number of nitrogens with one attached hydrogen (secondary N) is 1. The molecule has 0 heterocycles. The summed E-state index contributed by atoms with van der Waals surface area (Å²) >= 11 is 0. The summed E-state index contributed by atoms with van der Waals surface area (Å²) in [6.07, 6.45) is 12.7. The summed E-state index contributed by atoms with van der Waals surface area (Å²) < 4.78 is 0. The van der Waals surface area contributed by atoms with Crippen molar-refractivity contribution in [3.63, 3.8) is 0 Å². The monoisotopic (exact) mass is 166 g/mol. The topological polar surface area (TPSA) is 38.0 Å². The Labute approximate surface area is 74.9 Å². The van der Waals surface area contributed by atoms with E-state index in [4.69, 9.17) is 12.3 Å². The Morgan fingerprint density at radius 2 is 2.08 bits per heavy atom. The molecule has 12 heavy (non-hydrogen) atoms. The number of terminal acetylenes is 1. The van der Waals surface area contributed by atoms with E-state index in [0.717, 1.165) is 6.42 Å². The maximum absolute atomic E-state index is 5.44. The Bertz CT molecular complexity index is 154. The summed E-state index contributed by atoms with van der Waals surface area (Å²) in [5.41, 5.74) is 2.83. The first-order valence-corrected chi connectivity index (χ1v) is 4.78. The highest BCUT2D eigenvalue weighted by molar-refractivity contribution is 4.92. The van der Waals surface area contributed by atoms with Crippen LogP contribution in [0.4, 0.5) is 0 Å². The van der Waals surface area contributed by atoms with Gasteiger partial charge in [-0.3, -0.25) is 11.3 Å². The van der Waals surface area contributed by atoms with Gasteiger partial charge in [-0.2, -0.15) is 0 Å². The summed E-state index contributed by atoms with van der Waals surface area (Å²) in [6.45, 7) is 0. The van der Waals surface area contributed by atoms with E-state index in [2.05, 4.69) is 11.3 Å². The summed E-state index contributed by atoms with van der Waals surface area (Å²) in [4.78, 5) is 0. The molecule has 0 aromatic rings. The van der Waals surface area contributed by atoms with Gasteiger partial charge in [0.25, 0.3) is 0 Å². The highest BCUT2D eigenvalue weighted by atomic mass is 15.2. The first-order valence-electron chi connectivity index (χ1n) is 4.78. The van der Waals surface area contributed by atoms with E-state index in [1.165, 1.54) is 32.1 Å². The first kappa shape index (κ1) is 9.57. The second-order valence-corrected chi connectivity index (χ2v) is 3.58. The van der Waals surface area contributed by atoms with Crippen LogP contribution >= 0.6 is 0 Å². The van der Waals surface area contributed by atoms with E-state index >= 15 is 0 Å². The fourth-order valence-electron chi connectivity index (χ4n) is 2.03. The number of rotatable bonds is 3. The summed E-state index contributed by atoms with van der Waals surface area (Å²) in [7, 11) is 0. The van der Waals surface area contributed by atoms with Gasteiger partial charge in [0, 0.05) is 12.5 Å². The normalized spacial score (nSPS) is 21.7. The van der Waals surface area contributed by atoms with Crippen molar-refractivity contribution in [2.45, 2.75) is 44.6 Å². The Hall–Kier alpha value is -0.520. The second-order valence-electron chi connectivity index (χ2n) is 3.58. The van der Waals surface area contributed by atoms with Gasteiger partial charge in [-0.15, -0.1) is 12.3 Å². The van der Waals surface area contributed by atoms with Crippen LogP contribution in [0.3, 0.4) is 0 Å². The van der Waals surface area contributed by atoms with Gasteiger partial charge in [0.1, 0.15) is 0 Å². The van der Waals surface area contributed by atoms with Crippen LogP contribution in [0.25, 0.3) is 0 Å². The molecule has 1 aliphatic carbocycles. The highest BCUT2D eigenvalue weighted by Gasteiger charge is 2.21. The van der Waals surface area contributed by atoms with E-state index in [1.54, 1.807) is 0 Å². The van der Waals surface area contributed by atoms with Gasteiger partial charge in [0.15, 0.2) is 0 Å². The van der Waals surface area contributed by atoms with Crippen molar-refractivity contribution in [1.29, 1.82) is 0 Å². The molecule has 0 aromatic carbocycles. The minimum Gasteiger partial charge on any atom is -0.271 e. The van der Waals surface area contributed by atoms with Crippen molar-refractivity contribution in [1.82, 2.24) is 5.43 Å². The molecule has 1 atom stereocenters. The summed E-state index contributed by atoms with van der Waals surface area (Å²) in [6, 6.07) is 0.343. The predicted molar refractivity (Wildman–Crippen MR) is 51.1 cm³/mol. The van der Waals surface area contributed by atoms with E-state index in [1.807, 2.05) is 0 Å². The average Bonchev–Trinajstić information content (AvgIpc) is 2.15. The lowest BCUT2D eigenvalue weighted by atomic mass is 9.83. The van der Waals surface area contributed by atoms with Gasteiger partial charge in [0.2, 0.25) is 0 Å². The van der Waals surface area contributed by atoms with E-state index < -0.39 is 0 Å². The molecule has 1 aliphatic rings. The summed E-state index contributed by atoms with van der Waals surface area (Å²) in [5.74, 6) is 8.83. The van der Waals surface area contributed by atoms with Crippen LogP contribution in [0.1, 0.15) is 38.5 Å². The molecule has 2 heteroatoms. The predicted octanol–water partition coefficient (Wildman–Crippen LogP) is 1.42. The molecule has 0 radical (unpaired) electrons. The van der Waals surface area contributed by atoms with E-state index in [-0.39, 0.29) is 0 Å². The van der Waals surface area contributed by atoms with Gasteiger partial charge < -0.3 is 0 Å². The van der Waals surface area contributed by atoms with Crippen LogP contribution in [0, 0.1) is 18.3 Å². The van der Waals surface area contributed by atoms with Crippen LogP contribution in [-0.2, 0) is 0 Å². The largest absolute Gasteiger partial charge is 0.271 e. The van der Waals surface area contributed by atoms with Crippen molar-refractivity contribution in [3.8, 4) is 12.3 Å². The standard InChI is InChI=1S/C10H18N2/c1-2-6-10(12-11)9-7-4-3-5-8-9/h1,9-10,12H,3-8,11H2. The van der Waals surface area contributed by atoms with E-state index in [9.17, 15) is 0 Å². The fourth-order valence-corrected chi connectivity index (χ4v) is 2.03. The molecule has 0 aliphatic heterocycles. The van der Waals surface area contributed by atoms with Gasteiger partial charge in [0.05, 0.1) is 0 Å². The van der Waals surface area contributed by atoms with Gasteiger partial charge in [-0.1, -0.05) is 19.3 Å². The molecule has 0 amide bonds. The van der Waals surface area contributed by atoms with Crippen molar-refractivity contribution < 1.29 is 0 Å². The quantitative estimate of drug-likeness (QED) is 0.378.